The van der Waals surface area contributed by atoms with Gasteiger partial charge in [-0.2, -0.15) is 15.8 Å². The molecule has 0 spiro atoms. The summed E-state index contributed by atoms with van der Waals surface area (Å²) in [6.07, 6.45) is 0. The Morgan fingerprint density at radius 2 is 1.38 bits per heavy atom. The summed E-state index contributed by atoms with van der Waals surface area (Å²) in [6, 6.07) is 7.50. The largest absolute Gasteiger partial charge is 0.508 e. The summed E-state index contributed by atoms with van der Waals surface area (Å²) in [5.74, 6) is -0.188. The van der Waals surface area contributed by atoms with E-state index in [9.17, 15) is 0 Å². The van der Waals surface area contributed by atoms with Crippen molar-refractivity contribution in [2.45, 2.75) is 0 Å². The van der Waals surface area contributed by atoms with Crippen molar-refractivity contribution < 1.29 is 5.11 Å². The minimum Gasteiger partial charge on any atom is -0.508 e. The number of benzene rings is 1. The molecule has 0 aliphatic rings. The van der Waals surface area contributed by atoms with Crippen LogP contribution in [0.15, 0.2) is 12.1 Å². The van der Waals surface area contributed by atoms with Crippen molar-refractivity contribution in [3.63, 3.8) is 0 Å². The molecule has 0 aromatic heterocycles. The SMILES string of the molecule is N#Cc1cc(O)cc(C#N)c1C#N. The van der Waals surface area contributed by atoms with E-state index >= 15 is 0 Å². The number of phenols is 1. The number of phenolic OH excluding ortho intramolecular Hbond substituents is 1. The molecule has 0 radical (unpaired) electrons. The maximum atomic E-state index is 9.06. The maximum Gasteiger partial charge on any atom is 0.118 e. The zero-order chi connectivity index (χ0) is 9.84. The summed E-state index contributed by atoms with van der Waals surface area (Å²) in [4.78, 5) is 0. The van der Waals surface area contributed by atoms with Crippen LogP contribution in [0.25, 0.3) is 0 Å². The molecule has 4 nitrogen and oxygen atoms in total. The first-order chi connectivity index (χ1) is 6.22. The van der Waals surface area contributed by atoms with Gasteiger partial charge in [-0.3, -0.25) is 0 Å². The third-order valence-electron chi connectivity index (χ3n) is 1.48. The van der Waals surface area contributed by atoms with E-state index < -0.39 is 0 Å². The van der Waals surface area contributed by atoms with Crippen LogP contribution in [0.3, 0.4) is 0 Å². The van der Waals surface area contributed by atoms with Gasteiger partial charge < -0.3 is 5.11 Å². The molecule has 0 aliphatic carbocycles. The van der Waals surface area contributed by atoms with Crippen molar-refractivity contribution in [2.75, 3.05) is 0 Å². The highest BCUT2D eigenvalue weighted by molar-refractivity contribution is 5.57. The van der Waals surface area contributed by atoms with Gasteiger partial charge in [0, 0.05) is 0 Å². The van der Waals surface area contributed by atoms with E-state index in [4.69, 9.17) is 20.9 Å². The Kier molecular flexibility index (Phi) is 2.15. The summed E-state index contributed by atoms with van der Waals surface area (Å²) in [5, 5.41) is 34.8. The molecule has 60 valence electrons. The maximum absolute atomic E-state index is 9.06. The lowest BCUT2D eigenvalue weighted by atomic mass is 10.0. The zero-order valence-electron chi connectivity index (χ0n) is 6.44. The molecule has 0 unspecified atom stereocenters. The van der Waals surface area contributed by atoms with Gasteiger partial charge in [-0.15, -0.1) is 0 Å². The Balaban J connectivity index is 3.59. The molecule has 1 rings (SSSR count). The standard InChI is InChI=1S/C9H3N3O/c10-3-6-1-8(13)2-7(4-11)9(6)5-12/h1-2,13H. The van der Waals surface area contributed by atoms with E-state index in [1.54, 1.807) is 18.2 Å². The average molecular weight is 169 g/mol. The molecule has 4 heteroatoms. The first kappa shape index (κ1) is 8.59. The van der Waals surface area contributed by atoms with Crippen molar-refractivity contribution in [3.8, 4) is 24.0 Å². The fraction of sp³-hybridized carbons (Fsp3) is 0. The quantitative estimate of drug-likeness (QED) is 0.627. The smallest absolute Gasteiger partial charge is 0.118 e. The second-order valence-corrected chi connectivity index (χ2v) is 2.25. The zero-order valence-corrected chi connectivity index (χ0v) is 6.44. The Bertz CT molecular complexity index is 436. The van der Waals surface area contributed by atoms with Gasteiger partial charge in [-0.25, -0.2) is 0 Å². The Labute approximate surface area is 74.5 Å². The fourth-order valence-electron chi connectivity index (χ4n) is 0.924. The van der Waals surface area contributed by atoms with E-state index in [2.05, 4.69) is 0 Å². The Morgan fingerprint density at radius 3 is 1.69 bits per heavy atom. The highest BCUT2D eigenvalue weighted by Gasteiger charge is 2.09. The molecule has 0 heterocycles. The van der Waals surface area contributed by atoms with Gasteiger partial charge in [0.2, 0.25) is 0 Å². The van der Waals surface area contributed by atoms with Crippen LogP contribution in [0.5, 0.6) is 5.75 Å². The van der Waals surface area contributed by atoms with Crippen LogP contribution >= 0.6 is 0 Å². The number of hydrogen-bond acceptors (Lipinski definition) is 4. The number of nitriles is 3. The van der Waals surface area contributed by atoms with Crippen molar-refractivity contribution in [3.05, 3.63) is 28.8 Å². The van der Waals surface area contributed by atoms with Crippen LogP contribution in [-0.4, -0.2) is 5.11 Å². The third-order valence-corrected chi connectivity index (χ3v) is 1.48. The lowest BCUT2D eigenvalue weighted by Crippen LogP contribution is -1.88. The summed E-state index contributed by atoms with van der Waals surface area (Å²) in [5.41, 5.74) is 0.0286. The van der Waals surface area contributed by atoms with Crippen molar-refractivity contribution in [1.82, 2.24) is 0 Å². The van der Waals surface area contributed by atoms with E-state index in [1.807, 2.05) is 0 Å². The van der Waals surface area contributed by atoms with Gasteiger partial charge in [0.15, 0.2) is 0 Å². The monoisotopic (exact) mass is 169 g/mol. The first-order valence-corrected chi connectivity index (χ1v) is 3.30. The predicted octanol–water partition coefficient (Wildman–Crippen LogP) is 1.01. The van der Waals surface area contributed by atoms with E-state index in [-0.39, 0.29) is 22.4 Å². The van der Waals surface area contributed by atoms with Gasteiger partial charge >= 0.3 is 0 Å². The highest BCUT2D eigenvalue weighted by atomic mass is 16.3. The van der Waals surface area contributed by atoms with E-state index in [1.165, 1.54) is 0 Å². The molecule has 0 fully saturated rings. The minimum absolute atomic E-state index is 0.00259. The van der Waals surface area contributed by atoms with Gasteiger partial charge in [0.25, 0.3) is 0 Å². The summed E-state index contributed by atoms with van der Waals surface area (Å²) in [7, 11) is 0. The lowest BCUT2D eigenvalue weighted by Gasteiger charge is -1.97. The minimum atomic E-state index is -0.188. The molecular weight excluding hydrogens is 166 g/mol. The summed E-state index contributed by atoms with van der Waals surface area (Å²) < 4.78 is 0. The van der Waals surface area contributed by atoms with Crippen LogP contribution in [0.2, 0.25) is 0 Å². The van der Waals surface area contributed by atoms with Gasteiger partial charge in [0.05, 0.1) is 16.7 Å². The molecule has 1 N–H and O–H groups in total. The van der Waals surface area contributed by atoms with E-state index in [0.717, 1.165) is 12.1 Å². The number of hydrogen-bond donors (Lipinski definition) is 1. The molecule has 0 bridgehead atoms. The number of rotatable bonds is 0. The van der Waals surface area contributed by atoms with Crippen LogP contribution in [-0.2, 0) is 0 Å². The molecule has 0 atom stereocenters. The van der Waals surface area contributed by atoms with Gasteiger partial charge in [-0.05, 0) is 12.1 Å². The Hall–Kier alpha value is -2.51. The third kappa shape index (κ3) is 1.40. The van der Waals surface area contributed by atoms with Crippen molar-refractivity contribution >= 4 is 0 Å². The molecular formula is C9H3N3O. The summed E-state index contributed by atoms with van der Waals surface area (Å²) >= 11 is 0. The van der Waals surface area contributed by atoms with Crippen LogP contribution < -0.4 is 0 Å². The lowest BCUT2D eigenvalue weighted by molar-refractivity contribution is 0.475. The van der Waals surface area contributed by atoms with E-state index in [0.29, 0.717) is 0 Å². The molecule has 0 amide bonds. The van der Waals surface area contributed by atoms with Gasteiger partial charge in [-0.1, -0.05) is 0 Å². The first-order valence-electron chi connectivity index (χ1n) is 3.30. The fourth-order valence-corrected chi connectivity index (χ4v) is 0.924. The van der Waals surface area contributed by atoms with Crippen LogP contribution in [0.4, 0.5) is 0 Å². The molecule has 1 aromatic carbocycles. The highest BCUT2D eigenvalue weighted by Crippen LogP contribution is 2.19. The van der Waals surface area contributed by atoms with Crippen LogP contribution in [0.1, 0.15) is 16.7 Å². The molecule has 0 aliphatic heterocycles. The average Bonchev–Trinajstić information content (AvgIpc) is 2.16. The molecule has 13 heavy (non-hydrogen) atoms. The predicted molar refractivity (Wildman–Crippen MR) is 42.3 cm³/mol. The number of aromatic hydroxyl groups is 1. The summed E-state index contributed by atoms with van der Waals surface area (Å²) in [6.45, 7) is 0. The Morgan fingerprint density at radius 1 is 0.923 bits per heavy atom. The van der Waals surface area contributed by atoms with Crippen molar-refractivity contribution in [2.24, 2.45) is 0 Å². The molecule has 0 saturated carbocycles. The topological polar surface area (TPSA) is 91.6 Å². The van der Waals surface area contributed by atoms with Crippen molar-refractivity contribution in [1.29, 1.82) is 15.8 Å². The number of nitrogens with zero attached hydrogens (tertiary/aromatic N) is 3. The van der Waals surface area contributed by atoms with Crippen LogP contribution in [0, 0.1) is 34.0 Å². The second-order valence-electron chi connectivity index (χ2n) is 2.25. The second kappa shape index (κ2) is 3.26. The molecule has 1 aromatic rings. The molecule has 0 saturated heterocycles. The normalized spacial score (nSPS) is 8.08. The van der Waals surface area contributed by atoms with Gasteiger partial charge in [0.1, 0.15) is 24.0 Å².